The zero-order valence-corrected chi connectivity index (χ0v) is 12.9. The van der Waals surface area contributed by atoms with Gasteiger partial charge in [-0.05, 0) is 18.6 Å². The van der Waals surface area contributed by atoms with Gasteiger partial charge >= 0.3 is 0 Å². The van der Waals surface area contributed by atoms with Crippen molar-refractivity contribution in [2.45, 2.75) is 18.7 Å². The van der Waals surface area contributed by atoms with E-state index in [0.29, 0.717) is 5.75 Å². The first-order chi connectivity index (χ1) is 10.0. The summed E-state index contributed by atoms with van der Waals surface area (Å²) in [4.78, 5) is 0. The van der Waals surface area contributed by atoms with E-state index >= 15 is 0 Å². The highest BCUT2D eigenvalue weighted by Gasteiger charge is 2.18. The molecule has 0 amide bonds. The molecule has 0 spiro atoms. The Morgan fingerprint density at radius 2 is 1.67 bits per heavy atom. The standard InChI is InChI=1S/C16H19NO3S/c1-13(15-10-6-7-11-16(15)20-2)17-21(18,19)12-14-8-4-3-5-9-14/h3-11,13,17H,12H2,1-2H3/t13-/m0/s1. The summed E-state index contributed by atoms with van der Waals surface area (Å²) < 4.78 is 32.4. The molecule has 5 heteroatoms. The van der Waals surface area contributed by atoms with E-state index in [1.165, 1.54) is 0 Å². The van der Waals surface area contributed by atoms with E-state index in [2.05, 4.69) is 4.72 Å². The lowest BCUT2D eigenvalue weighted by molar-refractivity contribution is 0.405. The fraction of sp³-hybridized carbons (Fsp3) is 0.250. The molecule has 2 aromatic rings. The van der Waals surface area contributed by atoms with E-state index in [4.69, 9.17) is 4.74 Å². The van der Waals surface area contributed by atoms with Crippen molar-refractivity contribution in [2.75, 3.05) is 7.11 Å². The first kappa shape index (κ1) is 15.5. The molecule has 2 aromatic carbocycles. The van der Waals surface area contributed by atoms with Crippen molar-refractivity contribution < 1.29 is 13.2 Å². The molecule has 0 aromatic heterocycles. The molecule has 0 aliphatic rings. The number of methoxy groups -OCH3 is 1. The van der Waals surface area contributed by atoms with Crippen molar-refractivity contribution in [3.63, 3.8) is 0 Å². The summed E-state index contributed by atoms with van der Waals surface area (Å²) in [5, 5.41) is 0. The topological polar surface area (TPSA) is 55.4 Å². The van der Waals surface area contributed by atoms with Crippen LogP contribution >= 0.6 is 0 Å². The third-order valence-electron chi connectivity index (χ3n) is 3.16. The van der Waals surface area contributed by atoms with Gasteiger partial charge in [0.25, 0.3) is 0 Å². The number of nitrogens with one attached hydrogen (secondary N) is 1. The van der Waals surface area contributed by atoms with E-state index in [9.17, 15) is 8.42 Å². The SMILES string of the molecule is COc1ccccc1[C@H](C)NS(=O)(=O)Cc1ccccc1. The van der Waals surface area contributed by atoms with Gasteiger partial charge in [-0.2, -0.15) is 0 Å². The highest BCUT2D eigenvalue weighted by atomic mass is 32.2. The molecule has 4 nitrogen and oxygen atoms in total. The van der Waals surface area contributed by atoms with Crippen LogP contribution in [-0.2, 0) is 15.8 Å². The van der Waals surface area contributed by atoms with E-state index < -0.39 is 10.0 Å². The Morgan fingerprint density at radius 1 is 1.05 bits per heavy atom. The summed E-state index contributed by atoms with van der Waals surface area (Å²) in [7, 11) is -1.84. The summed E-state index contributed by atoms with van der Waals surface area (Å²) in [6.07, 6.45) is 0. The number of sulfonamides is 1. The van der Waals surface area contributed by atoms with Gasteiger partial charge < -0.3 is 4.74 Å². The van der Waals surface area contributed by atoms with Gasteiger partial charge in [-0.15, -0.1) is 0 Å². The molecule has 0 aliphatic heterocycles. The van der Waals surface area contributed by atoms with Crippen molar-refractivity contribution in [3.8, 4) is 5.75 Å². The van der Waals surface area contributed by atoms with Crippen molar-refractivity contribution in [2.24, 2.45) is 0 Å². The second-order valence-electron chi connectivity index (χ2n) is 4.83. The fourth-order valence-electron chi connectivity index (χ4n) is 2.19. The Balaban J connectivity index is 2.13. The maximum Gasteiger partial charge on any atom is 0.216 e. The Bertz CT molecular complexity index is 684. The average molecular weight is 305 g/mol. The number of hydrogen-bond acceptors (Lipinski definition) is 3. The molecule has 0 heterocycles. The van der Waals surface area contributed by atoms with Crippen LogP contribution in [0.5, 0.6) is 5.75 Å². The number of hydrogen-bond donors (Lipinski definition) is 1. The molecule has 0 saturated carbocycles. The van der Waals surface area contributed by atoms with Crippen LogP contribution in [0, 0.1) is 0 Å². The second kappa shape index (κ2) is 6.74. The van der Waals surface area contributed by atoms with E-state index in [1.807, 2.05) is 42.5 Å². The third kappa shape index (κ3) is 4.31. The number of ether oxygens (including phenoxy) is 1. The smallest absolute Gasteiger partial charge is 0.216 e. The molecular formula is C16H19NO3S. The molecule has 0 bridgehead atoms. The molecule has 1 N–H and O–H groups in total. The number of para-hydroxylation sites is 1. The second-order valence-corrected chi connectivity index (χ2v) is 6.58. The Labute approximate surface area is 125 Å². The summed E-state index contributed by atoms with van der Waals surface area (Å²) in [5.74, 6) is 0.639. The Hall–Kier alpha value is -1.85. The molecule has 0 unspecified atom stereocenters. The quantitative estimate of drug-likeness (QED) is 0.893. The Kier molecular flexibility index (Phi) is 4.98. The van der Waals surface area contributed by atoms with Gasteiger partial charge in [0, 0.05) is 11.6 Å². The van der Waals surface area contributed by atoms with Crippen LogP contribution in [0.1, 0.15) is 24.1 Å². The number of rotatable bonds is 6. The molecule has 2 rings (SSSR count). The predicted molar refractivity (Wildman–Crippen MR) is 83.6 cm³/mol. The van der Waals surface area contributed by atoms with Crippen molar-refractivity contribution in [1.29, 1.82) is 0 Å². The lowest BCUT2D eigenvalue weighted by Crippen LogP contribution is -2.28. The molecule has 112 valence electrons. The molecule has 0 saturated heterocycles. The van der Waals surface area contributed by atoms with Gasteiger partial charge in [-0.1, -0.05) is 48.5 Å². The van der Waals surface area contributed by atoms with Crippen LogP contribution in [0.3, 0.4) is 0 Å². The summed E-state index contributed by atoms with van der Waals surface area (Å²) >= 11 is 0. The minimum atomic E-state index is -3.41. The first-order valence-corrected chi connectivity index (χ1v) is 8.34. The van der Waals surface area contributed by atoms with Crippen LogP contribution in [0.2, 0.25) is 0 Å². The highest BCUT2D eigenvalue weighted by Crippen LogP contribution is 2.25. The van der Waals surface area contributed by atoms with Crippen LogP contribution < -0.4 is 9.46 Å². The summed E-state index contributed by atoms with van der Waals surface area (Å²) in [6, 6.07) is 16.2. The minimum Gasteiger partial charge on any atom is -0.496 e. The van der Waals surface area contributed by atoms with Crippen LogP contribution in [-0.4, -0.2) is 15.5 Å². The lowest BCUT2D eigenvalue weighted by atomic mass is 10.1. The summed E-state index contributed by atoms with van der Waals surface area (Å²) in [6.45, 7) is 1.81. The summed E-state index contributed by atoms with van der Waals surface area (Å²) in [5.41, 5.74) is 1.58. The zero-order chi connectivity index (χ0) is 15.3. The molecule has 0 radical (unpaired) electrons. The molecule has 21 heavy (non-hydrogen) atoms. The largest absolute Gasteiger partial charge is 0.496 e. The molecule has 0 fully saturated rings. The van der Waals surface area contributed by atoms with Crippen molar-refractivity contribution in [3.05, 3.63) is 65.7 Å². The maximum absolute atomic E-state index is 12.2. The normalized spacial score (nSPS) is 12.9. The van der Waals surface area contributed by atoms with Gasteiger partial charge in [0.15, 0.2) is 0 Å². The van der Waals surface area contributed by atoms with Gasteiger partial charge in [0.05, 0.1) is 12.9 Å². The van der Waals surface area contributed by atoms with Crippen molar-refractivity contribution >= 4 is 10.0 Å². The van der Waals surface area contributed by atoms with Gasteiger partial charge in [0.2, 0.25) is 10.0 Å². The van der Waals surface area contributed by atoms with E-state index in [0.717, 1.165) is 11.1 Å². The minimum absolute atomic E-state index is 0.0344. The molecule has 1 atom stereocenters. The monoisotopic (exact) mass is 305 g/mol. The van der Waals surface area contributed by atoms with Gasteiger partial charge in [0.1, 0.15) is 5.75 Å². The molecule has 0 aliphatic carbocycles. The van der Waals surface area contributed by atoms with E-state index in [-0.39, 0.29) is 11.8 Å². The average Bonchev–Trinajstić information content (AvgIpc) is 2.47. The van der Waals surface area contributed by atoms with Crippen LogP contribution in [0.4, 0.5) is 0 Å². The lowest BCUT2D eigenvalue weighted by Gasteiger charge is -2.17. The first-order valence-electron chi connectivity index (χ1n) is 6.68. The molecular weight excluding hydrogens is 286 g/mol. The van der Waals surface area contributed by atoms with Gasteiger partial charge in [-0.3, -0.25) is 0 Å². The highest BCUT2D eigenvalue weighted by molar-refractivity contribution is 7.88. The maximum atomic E-state index is 12.2. The van der Waals surface area contributed by atoms with Crippen molar-refractivity contribution in [1.82, 2.24) is 4.72 Å². The third-order valence-corrected chi connectivity index (χ3v) is 4.59. The predicted octanol–water partition coefficient (Wildman–Crippen LogP) is 2.88. The Morgan fingerprint density at radius 3 is 2.33 bits per heavy atom. The van der Waals surface area contributed by atoms with Crippen LogP contribution in [0.25, 0.3) is 0 Å². The van der Waals surface area contributed by atoms with Crippen LogP contribution in [0.15, 0.2) is 54.6 Å². The number of benzene rings is 2. The fourth-order valence-corrected chi connectivity index (χ4v) is 3.57. The van der Waals surface area contributed by atoms with E-state index in [1.54, 1.807) is 26.2 Å². The zero-order valence-electron chi connectivity index (χ0n) is 12.1. The van der Waals surface area contributed by atoms with Gasteiger partial charge in [-0.25, -0.2) is 13.1 Å².